The molecule has 1 aliphatic heterocycles. The Hall–Kier alpha value is -3.59. The summed E-state index contributed by atoms with van der Waals surface area (Å²) in [5, 5.41) is 11.1. The summed E-state index contributed by atoms with van der Waals surface area (Å²) in [4.78, 5) is 29.2. The zero-order valence-electron chi connectivity index (χ0n) is 18.7. The van der Waals surface area contributed by atoms with E-state index in [2.05, 4.69) is 15.9 Å². The number of amides is 1. The molecule has 1 atom stereocenters. The van der Waals surface area contributed by atoms with Crippen molar-refractivity contribution in [3.05, 3.63) is 99.5 Å². The van der Waals surface area contributed by atoms with E-state index in [0.29, 0.717) is 11.1 Å². The lowest BCUT2D eigenvalue weighted by molar-refractivity contribution is -0.137. The predicted octanol–water partition coefficient (Wildman–Crippen LogP) is 6.16. The molecule has 1 fully saturated rings. The minimum Gasteiger partial charge on any atom is -0.507 e. The molecule has 35 heavy (non-hydrogen) atoms. The summed E-state index contributed by atoms with van der Waals surface area (Å²) in [5.41, 5.74) is 0.353. The third-order valence-electron chi connectivity index (χ3n) is 5.74. The summed E-state index contributed by atoms with van der Waals surface area (Å²) in [7, 11) is 3.69. The minimum atomic E-state index is -4.64. The lowest BCUT2D eigenvalue weighted by Crippen LogP contribution is -2.29. The molecule has 9 heteroatoms. The van der Waals surface area contributed by atoms with Gasteiger partial charge in [-0.05, 0) is 48.0 Å². The molecule has 1 amide bonds. The Balaban J connectivity index is 1.93. The van der Waals surface area contributed by atoms with E-state index in [0.717, 1.165) is 27.2 Å². The number of aliphatic hydroxyl groups excluding tert-OH is 1. The molecule has 0 aliphatic carbocycles. The second-order valence-electron chi connectivity index (χ2n) is 8.21. The molecule has 0 spiro atoms. The summed E-state index contributed by atoms with van der Waals surface area (Å²) >= 11 is 3.31. The first-order valence-electron chi connectivity index (χ1n) is 10.5. The Morgan fingerprint density at radius 3 is 2.17 bits per heavy atom. The molecule has 1 unspecified atom stereocenters. The lowest BCUT2D eigenvalue weighted by Gasteiger charge is -2.26. The molecular formula is C26H20BrF3N2O3. The van der Waals surface area contributed by atoms with Crippen molar-refractivity contribution in [2.24, 2.45) is 0 Å². The monoisotopic (exact) mass is 544 g/mol. The Labute approximate surface area is 208 Å². The van der Waals surface area contributed by atoms with Crippen LogP contribution in [0.3, 0.4) is 0 Å². The van der Waals surface area contributed by atoms with E-state index in [4.69, 9.17) is 0 Å². The van der Waals surface area contributed by atoms with Crippen LogP contribution >= 0.6 is 15.9 Å². The molecule has 0 bridgehead atoms. The number of hydrogen-bond donors (Lipinski definition) is 1. The number of Topliss-reactive ketones (excluding diaryl/α,β-unsaturated/α-hetero) is 1. The van der Waals surface area contributed by atoms with Gasteiger partial charge in [-0.2, -0.15) is 13.2 Å². The zero-order valence-corrected chi connectivity index (χ0v) is 20.3. The number of nitrogens with zero attached hydrogens (tertiary/aromatic N) is 2. The molecule has 180 valence electrons. The van der Waals surface area contributed by atoms with Gasteiger partial charge in [0.25, 0.3) is 11.7 Å². The van der Waals surface area contributed by atoms with Crippen molar-refractivity contribution in [1.82, 2.24) is 0 Å². The fourth-order valence-electron chi connectivity index (χ4n) is 3.96. The number of hydrogen-bond acceptors (Lipinski definition) is 4. The van der Waals surface area contributed by atoms with Crippen LogP contribution in [0.2, 0.25) is 0 Å². The normalized spacial score (nSPS) is 17.7. The van der Waals surface area contributed by atoms with Gasteiger partial charge in [-0.25, -0.2) is 0 Å². The van der Waals surface area contributed by atoms with E-state index in [9.17, 15) is 27.9 Å². The first-order valence-corrected chi connectivity index (χ1v) is 11.3. The van der Waals surface area contributed by atoms with Gasteiger partial charge in [0.1, 0.15) is 5.76 Å². The van der Waals surface area contributed by atoms with Gasteiger partial charge in [0, 0.05) is 35.5 Å². The highest BCUT2D eigenvalue weighted by molar-refractivity contribution is 9.10. The van der Waals surface area contributed by atoms with Crippen LogP contribution in [0.4, 0.5) is 24.5 Å². The summed E-state index contributed by atoms with van der Waals surface area (Å²) in [6.07, 6.45) is -4.64. The number of carbonyl (C=O) groups is 2. The zero-order chi connectivity index (χ0) is 25.5. The Bertz CT molecular complexity index is 1320. The molecule has 0 aromatic heterocycles. The van der Waals surface area contributed by atoms with E-state index in [1.165, 1.54) is 12.1 Å². The molecular weight excluding hydrogens is 525 g/mol. The van der Waals surface area contributed by atoms with Gasteiger partial charge in [-0.1, -0.05) is 46.3 Å². The van der Waals surface area contributed by atoms with Crippen LogP contribution in [-0.2, 0) is 15.8 Å². The first kappa shape index (κ1) is 24.5. The second kappa shape index (κ2) is 9.22. The summed E-state index contributed by atoms with van der Waals surface area (Å²) in [6, 6.07) is 16.5. The van der Waals surface area contributed by atoms with Crippen molar-refractivity contribution in [2.75, 3.05) is 23.9 Å². The van der Waals surface area contributed by atoms with Crippen molar-refractivity contribution >= 4 is 44.8 Å². The average molecular weight is 545 g/mol. The maximum Gasteiger partial charge on any atom is 0.416 e. The van der Waals surface area contributed by atoms with Crippen molar-refractivity contribution < 1.29 is 27.9 Å². The highest BCUT2D eigenvalue weighted by Crippen LogP contribution is 2.43. The van der Waals surface area contributed by atoms with E-state index < -0.39 is 35.2 Å². The van der Waals surface area contributed by atoms with Crippen LogP contribution in [0.1, 0.15) is 22.7 Å². The van der Waals surface area contributed by atoms with E-state index in [1.807, 2.05) is 19.0 Å². The number of halogens is 4. The van der Waals surface area contributed by atoms with Crippen LogP contribution in [0, 0.1) is 0 Å². The van der Waals surface area contributed by atoms with Gasteiger partial charge in [0.15, 0.2) is 0 Å². The average Bonchev–Trinajstić information content (AvgIpc) is 3.09. The molecule has 5 nitrogen and oxygen atoms in total. The third kappa shape index (κ3) is 4.68. The fraction of sp³-hybridized carbons (Fsp3) is 0.154. The number of rotatable bonds is 4. The number of benzene rings is 3. The second-order valence-corrected chi connectivity index (χ2v) is 9.13. The molecule has 1 saturated heterocycles. The van der Waals surface area contributed by atoms with E-state index in [1.54, 1.807) is 48.5 Å². The molecule has 3 aromatic rings. The molecule has 4 rings (SSSR count). The number of alkyl halides is 3. The van der Waals surface area contributed by atoms with E-state index in [-0.39, 0.29) is 11.3 Å². The Kier molecular flexibility index (Phi) is 6.46. The van der Waals surface area contributed by atoms with Crippen LogP contribution in [0.15, 0.2) is 82.8 Å². The largest absolute Gasteiger partial charge is 0.507 e. The summed E-state index contributed by atoms with van der Waals surface area (Å²) in [6.45, 7) is 0. The predicted molar refractivity (Wildman–Crippen MR) is 131 cm³/mol. The number of carbonyl (C=O) groups excluding carboxylic acids is 2. The molecule has 3 aromatic carbocycles. The van der Waals surface area contributed by atoms with Crippen LogP contribution in [0.5, 0.6) is 0 Å². The van der Waals surface area contributed by atoms with Gasteiger partial charge >= 0.3 is 6.18 Å². The number of ketones is 1. The lowest BCUT2D eigenvalue weighted by atomic mass is 9.95. The molecule has 1 N–H and O–H groups in total. The highest BCUT2D eigenvalue weighted by atomic mass is 79.9. The Morgan fingerprint density at radius 2 is 1.60 bits per heavy atom. The van der Waals surface area contributed by atoms with Gasteiger partial charge in [0.05, 0.1) is 17.2 Å². The van der Waals surface area contributed by atoms with E-state index >= 15 is 0 Å². The Morgan fingerprint density at radius 1 is 0.971 bits per heavy atom. The smallest absolute Gasteiger partial charge is 0.416 e. The first-order chi connectivity index (χ1) is 16.5. The quantitative estimate of drug-likeness (QED) is 0.243. The molecule has 0 saturated carbocycles. The third-order valence-corrected chi connectivity index (χ3v) is 6.27. The van der Waals surface area contributed by atoms with Crippen LogP contribution in [0.25, 0.3) is 5.76 Å². The van der Waals surface area contributed by atoms with Gasteiger partial charge in [-0.15, -0.1) is 0 Å². The fourth-order valence-corrected chi connectivity index (χ4v) is 4.23. The minimum absolute atomic E-state index is 0.0986. The highest BCUT2D eigenvalue weighted by Gasteiger charge is 2.47. The standard InChI is InChI=1S/C26H20BrF3N2O3/c1-31(2)19-12-8-15(9-13-19)22-21(23(33)16-6-10-18(27)11-7-16)24(34)25(35)32(22)20-5-3-4-17(14-20)26(28,29)30/h3-14,22,33H,1-2H3/b23-21+. The van der Waals surface area contributed by atoms with Gasteiger partial charge in [0.2, 0.25) is 0 Å². The van der Waals surface area contributed by atoms with Crippen molar-refractivity contribution in [1.29, 1.82) is 0 Å². The molecule has 1 heterocycles. The maximum atomic E-state index is 13.4. The van der Waals surface area contributed by atoms with Gasteiger partial charge < -0.3 is 10.0 Å². The summed E-state index contributed by atoms with van der Waals surface area (Å²) in [5.74, 6) is -2.42. The summed E-state index contributed by atoms with van der Waals surface area (Å²) < 4.78 is 40.9. The van der Waals surface area contributed by atoms with Crippen LogP contribution in [-0.4, -0.2) is 30.9 Å². The van der Waals surface area contributed by atoms with Crippen LogP contribution < -0.4 is 9.80 Å². The molecule has 1 aliphatic rings. The number of aliphatic hydroxyl groups is 1. The molecule has 0 radical (unpaired) electrons. The van der Waals surface area contributed by atoms with Gasteiger partial charge in [-0.3, -0.25) is 14.5 Å². The number of anilines is 2. The maximum absolute atomic E-state index is 13.4. The van der Waals surface area contributed by atoms with Crippen molar-refractivity contribution in [3.63, 3.8) is 0 Å². The SMILES string of the molecule is CN(C)c1ccc(C2/C(=C(\O)c3ccc(Br)cc3)C(=O)C(=O)N2c2cccc(C(F)(F)F)c2)cc1. The topological polar surface area (TPSA) is 60.9 Å². The van der Waals surface area contributed by atoms with Crippen molar-refractivity contribution in [2.45, 2.75) is 12.2 Å². The van der Waals surface area contributed by atoms with Crippen molar-refractivity contribution in [3.8, 4) is 0 Å².